The highest BCUT2D eigenvalue weighted by Gasteiger charge is 2.14. The molecule has 20 heavy (non-hydrogen) atoms. The summed E-state index contributed by atoms with van der Waals surface area (Å²) in [7, 11) is 0. The Morgan fingerprint density at radius 2 is 2.10 bits per heavy atom. The summed E-state index contributed by atoms with van der Waals surface area (Å²) in [6, 6.07) is 8.60. The molecule has 0 atom stereocenters. The van der Waals surface area contributed by atoms with E-state index in [1.807, 2.05) is 0 Å². The normalized spacial score (nSPS) is 10.7. The Kier molecular flexibility index (Phi) is 2.79. The standard InChI is InChI=1S/C13H8FN3O3/c14-10-7-9(17(18)19)4-5-12(10)20-13-8-15-16-6-2-1-3-11(13)16/h1-8H. The average Bonchev–Trinajstić information content (AvgIpc) is 2.84. The second kappa shape index (κ2) is 4.61. The van der Waals surface area contributed by atoms with Gasteiger partial charge in [-0.25, -0.2) is 8.91 Å². The van der Waals surface area contributed by atoms with E-state index in [9.17, 15) is 14.5 Å². The zero-order chi connectivity index (χ0) is 14.1. The number of rotatable bonds is 3. The lowest BCUT2D eigenvalue weighted by atomic mass is 10.3. The van der Waals surface area contributed by atoms with Crippen LogP contribution < -0.4 is 4.74 Å². The van der Waals surface area contributed by atoms with E-state index in [2.05, 4.69) is 5.10 Å². The molecule has 0 amide bonds. The summed E-state index contributed by atoms with van der Waals surface area (Å²) < 4.78 is 20.7. The van der Waals surface area contributed by atoms with Gasteiger partial charge in [0.15, 0.2) is 17.3 Å². The van der Waals surface area contributed by atoms with Gasteiger partial charge in [0.25, 0.3) is 5.69 Å². The molecule has 0 aliphatic rings. The number of hydrogen-bond donors (Lipinski definition) is 0. The molecule has 0 bridgehead atoms. The molecule has 6 nitrogen and oxygen atoms in total. The summed E-state index contributed by atoms with van der Waals surface area (Å²) >= 11 is 0. The molecule has 0 unspecified atom stereocenters. The van der Waals surface area contributed by atoms with Gasteiger partial charge in [-0.15, -0.1) is 0 Å². The van der Waals surface area contributed by atoms with Gasteiger partial charge >= 0.3 is 0 Å². The van der Waals surface area contributed by atoms with Gasteiger partial charge in [-0.1, -0.05) is 6.07 Å². The summed E-state index contributed by atoms with van der Waals surface area (Å²) in [6.07, 6.45) is 3.19. The van der Waals surface area contributed by atoms with Crippen LogP contribution in [-0.2, 0) is 0 Å². The first-order chi connectivity index (χ1) is 9.65. The summed E-state index contributed by atoms with van der Waals surface area (Å²) in [4.78, 5) is 9.88. The summed E-state index contributed by atoms with van der Waals surface area (Å²) in [5.74, 6) is -0.512. The molecule has 2 aromatic heterocycles. The number of aromatic nitrogens is 2. The van der Waals surface area contributed by atoms with E-state index in [0.717, 1.165) is 6.07 Å². The van der Waals surface area contributed by atoms with Crippen molar-refractivity contribution in [3.8, 4) is 11.5 Å². The number of nitro benzene ring substituents is 1. The SMILES string of the molecule is O=[N+]([O-])c1ccc(Oc2cnn3ccccc23)c(F)c1. The highest BCUT2D eigenvalue weighted by atomic mass is 19.1. The monoisotopic (exact) mass is 273 g/mol. The summed E-state index contributed by atoms with van der Waals surface area (Å²) in [6.45, 7) is 0. The fourth-order valence-electron chi connectivity index (χ4n) is 1.79. The third kappa shape index (κ3) is 2.05. The number of pyridine rings is 1. The smallest absolute Gasteiger partial charge is 0.272 e. The first kappa shape index (κ1) is 12.1. The quantitative estimate of drug-likeness (QED) is 0.543. The third-order valence-corrected chi connectivity index (χ3v) is 2.74. The Bertz CT molecular complexity index is 800. The van der Waals surface area contributed by atoms with Crippen LogP contribution in [0.5, 0.6) is 11.5 Å². The van der Waals surface area contributed by atoms with Crippen molar-refractivity contribution in [1.82, 2.24) is 9.61 Å². The van der Waals surface area contributed by atoms with Crippen LogP contribution in [0.15, 0.2) is 48.8 Å². The van der Waals surface area contributed by atoms with Crippen LogP contribution in [-0.4, -0.2) is 14.5 Å². The van der Waals surface area contributed by atoms with Crippen molar-refractivity contribution < 1.29 is 14.1 Å². The van der Waals surface area contributed by atoms with Gasteiger partial charge < -0.3 is 4.74 Å². The van der Waals surface area contributed by atoms with Crippen molar-refractivity contribution in [2.24, 2.45) is 0 Å². The molecule has 1 aromatic carbocycles. The largest absolute Gasteiger partial charge is 0.450 e. The van der Waals surface area contributed by atoms with Gasteiger partial charge in [-0.05, 0) is 18.2 Å². The molecule has 0 fully saturated rings. The van der Waals surface area contributed by atoms with E-state index in [1.54, 1.807) is 28.9 Å². The molecule has 0 radical (unpaired) electrons. The molecule has 2 heterocycles. The Morgan fingerprint density at radius 1 is 1.25 bits per heavy atom. The molecule has 100 valence electrons. The number of halogens is 1. The maximum absolute atomic E-state index is 13.7. The van der Waals surface area contributed by atoms with Gasteiger partial charge in [0.2, 0.25) is 0 Å². The number of benzene rings is 1. The Hall–Kier alpha value is -2.96. The van der Waals surface area contributed by atoms with Crippen molar-refractivity contribution in [2.75, 3.05) is 0 Å². The van der Waals surface area contributed by atoms with Crippen LogP contribution >= 0.6 is 0 Å². The van der Waals surface area contributed by atoms with Crippen LogP contribution in [0.4, 0.5) is 10.1 Å². The van der Waals surface area contributed by atoms with E-state index in [1.165, 1.54) is 18.3 Å². The van der Waals surface area contributed by atoms with Gasteiger partial charge in [-0.2, -0.15) is 5.10 Å². The van der Waals surface area contributed by atoms with E-state index < -0.39 is 10.7 Å². The van der Waals surface area contributed by atoms with Crippen LogP contribution in [0.3, 0.4) is 0 Å². The van der Waals surface area contributed by atoms with E-state index in [0.29, 0.717) is 11.3 Å². The third-order valence-electron chi connectivity index (χ3n) is 2.74. The Balaban J connectivity index is 1.97. The van der Waals surface area contributed by atoms with Crippen LogP contribution in [0.25, 0.3) is 5.52 Å². The minimum absolute atomic E-state index is 0.0886. The van der Waals surface area contributed by atoms with Gasteiger partial charge in [-0.3, -0.25) is 10.1 Å². The number of nitro groups is 1. The first-order valence-electron chi connectivity index (χ1n) is 5.69. The van der Waals surface area contributed by atoms with Crippen molar-refractivity contribution in [2.45, 2.75) is 0 Å². The second-order valence-electron chi connectivity index (χ2n) is 4.01. The van der Waals surface area contributed by atoms with Gasteiger partial charge in [0.1, 0.15) is 5.52 Å². The van der Waals surface area contributed by atoms with Gasteiger partial charge in [0, 0.05) is 12.3 Å². The maximum Gasteiger partial charge on any atom is 0.272 e. The molecule has 3 aromatic rings. The summed E-state index contributed by atoms with van der Waals surface area (Å²) in [5, 5.41) is 14.6. The zero-order valence-corrected chi connectivity index (χ0v) is 10.1. The highest BCUT2D eigenvalue weighted by Crippen LogP contribution is 2.29. The second-order valence-corrected chi connectivity index (χ2v) is 4.01. The fraction of sp³-hybridized carbons (Fsp3) is 0. The maximum atomic E-state index is 13.7. The number of nitrogens with zero attached hydrogens (tertiary/aromatic N) is 3. The molecule has 0 N–H and O–H groups in total. The van der Waals surface area contributed by atoms with E-state index in [-0.39, 0.29) is 11.4 Å². The first-order valence-corrected chi connectivity index (χ1v) is 5.69. The molecule has 0 spiro atoms. The molecule has 0 saturated carbocycles. The van der Waals surface area contributed by atoms with Crippen LogP contribution in [0, 0.1) is 15.9 Å². The topological polar surface area (TPSA) is 69.7 Å². The lowest BCUT2D eigenvalue weighted by molar-refractivity contribution is -0.385. The van der Waals surface area contributed by atoms with E-state index >= 15 is 0 Å². The van der Waals surface area contributed by atoms with Gasteiger partial charge in [0.05, 0.1) is 17.2 Å². The lowest BCUT2D eigenvalue weighted by Crippen LogP contribution is -1.92. The predicted molar refractivity (Wildman–Crippen MR) is 68.3 cm³/mol. The van der Waals surface area contributed by atoms with Crippen molar-refractivity contribution in [1.29, 1.82) is 0 Å². The number of fused-ring (bicyclic) bond motifs is 1. The molecular weight excluding hydrogens is 265 g/mol. The fourth-order valence-corrected chi connectivity index (χ4v) is 1.79. The van der Waals surface area contributed by atoms with E-state index in [4.69, 9.17) is 4.74 Å². The highest BCUT2D eigenvalue weighted by molar-refractivity contribution is 5.59. The van der Waals surface area contributed by atoms with Crippen molar-refractivity contribution >= 4 is 11.2 Å². The number of non-ortho nitro benzene ring substituents is 1. The molecule has 0 saturated heterocycles. The average molecular weight is 273 g/mol. The molecule has 0 aliphatic carbocycles. The minimum Gasteiger partial charge on any atom is -0.450 e. The van der Waals surface area contributed by atoms with Crippen LogP contribution in [0.2, 0.25) is 0 Å². The molecule has 3 rings (SSSR count). The predicted octanol–water partition coefficient (Wildman–Crippen LogP) is 3.17. The van der Waals surface area contributed by atoms with Crippen molar-refractivity contribution in [3.05, 3.63) is 64.7 Å². The molecular formula is C13H8FN3O3. The Labute approximate surface area is 112 Å². The number of hydrogen-bond acceptors (Lipinski definition) is 4. The summed E-state index contributed by atoms with van der Waals surface area (Å²) in [5.41, 5.74) is 0.347. The Morgan fingerprint density at radius 3 is 2.85 bits per heavy atom. The molecule has 7 heteroatoms. The zero-order valence-electron chi connectivity index (χ0n) is 10.1. The molecule has 0 aliphatic heterocycles. The minimum atomic E-state index is -0.797. The number of ether oxygens (including phenoxy) is 1. The van der Waals surface area contributed by atoms with Crippen LogP contribution in [0.1, 0.15) is 0 Å². The van der Waals surface area contributed by atoms with Crippen molar-refractivity contribution in [3.63, 3.8) is 0 Å². The lowest BCUT2D eigenvalue weighted by Gasteiger charge is -2.04.